The molecule has 2 N–H and O–H groups in total. The van der Waals surface area contributed by atoms with Gasteiger partial charge in [-0.05, 0) is 29.9 Å². The lowest BCUT2D eigenvalue weighted by molar-refractivity contribution is -0.124. The van der Waals surface area contributed by atoms with Gasteiger partial charge < -0.3 is 10.4 Å². The predicted octanol–water partition coefficient (Wildman–Crippen LogP) is 2.28. The number of halogens is 1. The summed E-state index contributed by atoms with van der Waals surface area (Å²) in [5, 5.41) is 22.5. The fraction of sp³-hybridized carbons (Fsp3) is 0.429. The minimum Gasteiger partial charge on any atom is -0.388 e. The zero-order valence-electron chi connectivity index (χ0n) is 10.8. The molecule has 0 spiro atoms. The maximum Gasteiger partial charge on any atom is 0.224 e. The summed E-state index contributed by atoms with van der Waals surface area (Å²) in [5.41, 5.74) is -0.141. The van der Waals surface area contributed by atoms with Crippen molar-refractivity contribution in [2.75, 3.05) is 11.5 Å². The summed E-state index contributed by atoms with van der Waals surface area (Å²) in [7, 11) is 0. The van der Waals surface area contributed by atoms with Gasteiger partial charge in [0.05, 0.1) is 18.6 Å². The number of nitriles is 1. The number of hydrogen-bond donors (Lipinski definition) is 2. The Hall–Kier alpha value is -1.22. The number of benzene rings is 1. The van der Waals surface area contributed by atoms with Crippen LogP contribution >= 0.6 is 23.4 Å². The van der Waals surface area contributed by atoms with Gasteiger partial charge in [0.1, 0.15) is 5.54 Å². The molecule has 1 aliphatic heterocycles. The number of aliphatic hydroxyl groups is 1. The number of nitrogens with one attached hydrogen (secondary N) is 1. The second-order valence-electron chi connectivity index (χ2n) is 4.82. The summed E-state index contributed by atoms with van der Waals surface area (Å²) in [6.45, 7) is 0. The van der Waals surface area contributed by atoms with Crippen LogP contribution in [-0.2, 0) is 4.79 Å². The van der Waals surface area contributed by atoms with Crippen LogP contribution in [0.1, 0.15) is 24.5 Å². The van der Waals surface area contributed by atoms with Crippen LogP contribution < -0.4 is 5.32 Å². The Morgan fingerprint density at radius 3 is 2.80 bits per heavy atom. The van der Waals surface area contributed by atoms with Gasteiger partial charge >= 0.3 is 0 Å². The van der Waals surface area contributed by atoms with Crippen LogP contribution in [0.5, 0.6) is 0 Å². The molecule has 2 unspecified atom stereocenters. The Balaban J connectivity index is 1.94. The molecule has 0 saturated carbocycles. The fourth-order valence-corrected chi connectivity index (χ4v) is 3.47. The number of rotatable bonds is 4. The van der Waals surface area contributed by atoms with Crippen LogP contribution in [0.15, 0.2) is 24.3 Å². The first-order chi connectivity index (χ1) is 9.54. The lowest BCUT2D eigenvalue weighted by Crippen LogP contribution is -2.47. The molecule has 106 valence electrons. The topological polar surface area (TPSA) is 73.1 Å². The molecule has 1 amide bonds. The number of carbonyl (C=O) groups is 1. The Bertz CT molecular complexity index is 521. The van der Waals surface area contributed by atoms with Crippen molar-refractivity contribution < 1.29 is 9.90 Å². The van der Waals surface area contributed by atoms with Crippen LogP contribution in [0, 0.1) is 11.3 Å². The Morgan fingerprint density at radius 1 is 1.55 bits per heavy atom. The van der Waals surface area contributed by atoms with E-state index < -0.39 is 11.6 Å². The number of amides is 1. The second-order valence-corrected chi connectivity index (χ2v) is 6.36. The zero-order chi connectivity index (χ0) is 14.6. The Morgan fingerprint density at radius 2 is 2.25 bits per heavy atom. The van der Waals surface area contributed by atoms with Crippen LogP contribution in [0.2, 0.25) is 5.02 Å². The van der Waals surface area contributed by atoms with Gasteiger partial charge in [0.25, 0.3) is 0 Å². The maximum absolute atomic E-state index is 12.0. The minimum atomic E-state index is -0.892. The highest BCUT2D eigenvalue weighted by Gasteiger charge is 2.36. The lowest BCUT2D eigenvalue weighted by Gasteiger charge is -2.22. The standard InChI is InChI=1S/C14H15ClN2O2S/c15-11-3-1-10(2-4-11)12(18)7-13(19)17-14(8-16)5-6-20-9-14/h1-4,12,18H,5-7,9H2,(H,17,19). The summed E-state index contributed by atoms with van der Waals surface area (Å²) >= 11 is 7.42. The van der Waals surface area contributed by atoms with E-state index in [1.54, 1.807) is 36.0 Å². The van der Waals surface area contributed by atoms with Crippen LogP contribution in [0.4, 0.5) is 0 Å². The van der Waals surface area contributed by atoms with Crippen molar-refractivity contribution in [3.05, 3.63) is 34.9 Å². The third kappa shape index (κ3) is 3.66. The van der Waals surface area contributed by atoms with Gasteiger partial charge in [-0.2, -0.15) is 17.0 Å². The smallest absolute Gasteiger partial charge is 0.224 e. The van der Waals surface area contributed by atoms with Gasteiger partial charge in [0.15, 0.2) is 0 Å². The molecule has 6 heteroatoms. The normalized spacial score (nSPS) is 23.1. The molecule has 4 nitrogen and oxygen atoms in total. The third-order valence-electron chi connectivity index (χ3n) is 3.25. The van der Waals surface area contributed by atoms with Crippen molar-refractivity contribution in [2.45, 2.75) is 24.5 Å². The van der Waals surface area contributed by atoms with E-state index in [4.69, 9.17) is 11.6 Å². The molecule has 1 saturated heterocycles. The van der Waals surface area contributed by atoms with Gasteiger partial charge in [-0.1, -0.05) is 23.7 Å². The largest absolute Gasteiger partial charge is 0.388 e. The van der Waals surface area contributed by atoms with Crippen molar-refractivity contribution >= 4 is 29.3 Å². The lowest BCUT2D eigenvalue weighted by atomic mass is 10.00. The highest BCUT2D eigenvalue weighted by molar-refractivity contribution is 7.99. The molecule has 1 heterocycles. The molecule has 0 aromatic heterocycles. The summed E-state index contributed by atoms with van der Waals surface area (Å²) in [5.74, 6) is 1.16. The maximum atomic E-state index is 12.0. The molecule has 0 radical (unpaired) electrons. The van der Waals surface area contributed by atoms with E-state index in [2.05, 4.69) is 11.4 Å². The van der Waals surface area contributed by atoms with Gasteiger partial charge in [-0.25, -0.2) is 0 Å². The number of nitrogens with zero attached hydrogens (tertiary/aromatic N) is 1. The van der Waals surface area contributed by atoms with E-state index in [0.717, 1.165) is 5.75 Å². The molecular weight excluding hydrogens is 296 g/mol. The van der Waals surface area contributed by atoms with Crippen molar-refractivity contribution in [1.82, 2.24) is 5.32 Å². The molecular formula is C14H15ClN2O2S. The van der Waals surface area contributed by atoms with Crippen molar-refractivity contribution in [2.24, 2.45) is 0 Å². The van der Waals surface area contributed by atoms with Gasteiger partial charge in [0, 0.05) is 10.8 Å². The zero-order valence-corrected chi connectivity index (χ0v) is 12.4. The first-order valence-electron chi connectivity index (χ1n) is 6.28. The Kier molecular flexibility index (Phi) is 4.92. The van der Waals surface area contributed by atoms with E-state index in [1.165, 1.54) is 0 Å². The molecule has 1 fully saturated rings. The summed E-state index contributed by atoms with van der Waals surface area (Å²) in [6.07, 6.45) is -0.302. The number of carbonyl (C=O) groups excluding carboxylic acids is 1. The van der Waals surface area contributed by atoms with E-state index in [-0.39, 0.29) is 12.3 Å². The van der Waals surface area contributed by atoms with E-state index in [0.29, 0.717) is 22.8 Å². The third-order valence-corrected chi connectivity index (χ3v) is 4.69. The number of hydrogen-bond acceptors (Lipinski definition) is 4. The number of aliphatic hydroxyl groups excluding tert-OH is 1. The quantitative estimate of drug-likeness (QED) is 0.895. The van der Waals surface area contributed by atoms with Gasteiger partial charge in [-0.3, -0.25) is 4.79 Å². The molecule has 1 aromatic carbocycles. The summed E-state index contributed by atoms with van der Waals surface area (Å²) < 4.78 is 0. The molecule has 0 aliphatic carbocycles. The first kappa shape index (κ1) is 15.2. The molecule has 1 aromatic rings. The molecule has 20 heavy (non-hydrogen) atoms. The summed E-state index contributed by atoms with van der Waals surface area (Å²) in [4.78, 5) is 12.0. The van der Waals surface area contributed by atoms with Crippen LogP contribution in [0.3, 0.4) is 0 Å². The molecule has 1 aliphatic rings. The van der Waals surface area contributed by atoms with Crippen LogP contribution in [0.25, 0.3) is 0 Å². The molecule has 2 rings (SSSR count). The molecule has 2 atom stereocenters. The predicted molar refractivity (Wildman–Crippen MR) is 79.5 cm³/mol. The summed E-state index contributed by atoms with van der Waals surface area (Å²) in [6, 6.07) is 8.89. The highest BCUT2D eigenvalue weighted by Crippen LogP contribution is 2.28. The first-order valence-corrected chi connectivity index (χ1v) is 7.81. The van der Waals surface area contributed by atoms with E-state index in [1.807, 2.05) is 0 Å². The Labute approximate surface area is 127 Å². The average Bonchev–Trinajstić information content (AvgIpc) is 2.88. The number of thioether (sulfide) groups is 1. The molecule has 0 bridgehead atoms. The van der Waals surface area contributed by atoms with Crippen molar-refractivity contribution in [3.63, 3.8) is 0 Å². The minimum absolute atomic E-state index is 0.0598. The SMILES string of the molecule is N#CC1(NC(=O)CC(O)c2ccc(Cl)cc2)CCSC1. The fourth-order valence-electron chi connectivity index (χ4n) is 2.08. The van der Waals surface area contributed by atoms with Gasteiger partial charge in [0.2, 0.25) is 5.91 Å². The van der Waals surface area contributed by atoms with E-state index >= 15 is 0 Å². The second kappa shape index (κ2) is 6.49. The highest BCUT2D eigenvalue weighted by atomic mass is 35.5. The van der Waals surface area contributed by atoms with Gasteiger partial charge in [-0.15, -0.1) is 0 Å². The van der Waals surface area contributed by atoms with E-state index in [9.17, 15) is 15.2 Å². The van der Waals surface area contributed by atoms with Crippen molar-refractivity contribution in [1.29, 1.82) is 5.26 Å². The van der Waals surface area contributed by atoms with Crippen molar-refractivity contribution in [3.8, 4) is 6.07 Å². The van der Waals surface area contributed by atoms with Crippen LogP contribution in [-0.4, -0.2) is 28.1 Å². The average molecular weight is 311 g/mol. The monoisotopic (exact) mass is 310 g/mol.